The number of unbranched alkanes of at least 4 members (excludes halogenated alkanes) is 3. The topological polar surface area (TPSA) is 112 Å². The molecule has 0 aromatic heterocycles. The van der Waals surface area contributed by atoms with Crippen LogP contribution in [-0.2, 0) is 33.3 Å². The van der Waals surface area contributed by atoms with E-state index < -0.39 is 0 Å². The van der Waals surface area contributed by atoms with E-state index in [-0.39, 0.29) is 55.7 Å². The first kappa shape index (κ1) is 28.9. The average Bonchev–Trinajstić information content (AvgIpc) is 3.61. The van der Waals surface area contributed by atoms with E-state index in [1.54, 1.807) is 6.92 Å². The van der Waals surface area contributed by atoms with Crippen molar-refractivity contribution in [3.8, 4) is 12.3 Å². The van der Waals surface area contributed by atoms with Gasteiger partial charge in [-0.15, -0.1) is 12.3 Å². The normalized spacial score (nSPS) is 16.3. The molecule has 0 radical (unpaired) electrons. The molecule has 0 aromatic rings. The standard InChI is InChI=1S/C25H40O8/c1-3-11-20(12-6-5-8-15-26)24(28)32-17-10-13-21(18-22-19-33-22)25(29)31-16-9-7-14-23(27)30-4-2/h1,20-22,26H,4-19H2,2H3. The summed E-state index contributed by atoms with van der Waals surface area (Å²) in [5.41, 5.74) is 0. The van der Waals surface area contributed by atoms with Crippen LogP contribution in [0.3, 0.4) is 0 Å². The van der Waals surface area contributed by atoms with Gasteiger partial charge in [-0.1, -0.05) is 12.8 Å². The lowest BCUT2D eigenvalue weighted by Crippen LogP contribution is -2.22. The zero-order chi connectivity index (χ0) is 24.3. The van der Waals surface area contributed by atoms with Crippen molar-refractivity contribution in [3.05, 3.63) is 0 Å². The molecule has 8 heteroatoms. The molecule has 0 saturated carbocycles. The van der Waals surface area contributed by atoms with Crippen molar-refractivity contribution in [2.24, 2.45) is 11.8 Å². The largest absolute Gasteiger partial charge is 0.466 e. The van der Waals surface area contributed by atoms with Gasteiger partial charge in [0.1, 0.15) is 0 Å². The van der Waals surface area contributed by atoms with Gasteiger partial charge in [0.25, 0.3) is 0 Å². The Bertz CT molecular complexity index is 608. The quantitative estimate of drug-likeness (QED) is 0.0953. The molecule has 0 spiro atoms. The third-order valence-corrected chi connectivity index (χ3v) is 5.46. The highest BCUT2D eigenvalue weighted by molar-refractivity contribution is 5.73. The minimum Gasteiger partial charge on any atom is -0.466 e. The minimum absolute atomic E-state index is 0.0906. The summed E-state index contributed by atoms with van der Waals surface area (Å²) in [7, 11) is 0. The zero-order valence-corrected chi connectivity index (χ0v) is 19.9. The Morgan fingerprint density at radius 2 is 1.64 bits per heavy atom. The number of aliphatic hydroxyl groups excluding tert-OH is 1. The fourth-order valence-corrected chi connectivity index (χ4v) is 3.49. The van der Waals surface area contributed by atoms with E-state index in [1.165, 1.54) is 0 Å². The lowest BCUT2D eigenvalue weighted by Gasteiger charge is -2.16. The number of esters is 3. The average molecular weight is 469 g/mol. The minimum atomic E-state index is -0.330. The van der Waals surface area contributed by atoms with Gasteiger partial charge in [-0.05, 0) is 51.9 Å². The molecule has 188 valence electrons. The molecule has 1 heterocycles. The summed E-state index contributed by atoms with van der Waals surface area (Å²) in [5, 5.41) is 8.86. The summed E-state index contributed by atoms with van der Waals surface area (Å²) in [6.07, 6.45) is 12.1. The lowest BCUT2D eigenvalue weighted by molar-refractivity contribution is -0.150. The van der Waals surface area contributed by atoms with E-state index in [0.717, 1.165) is 12.8 Å². The van der Waals surface area contributed by atoms with Gasteiger partial charge in [-0.25, -0.2) is 0 Å². The Balaban J connectivity index is 2.30. The van der Waals surface area contributed by atoms with Gasteiger partial charge in [0, 0.05) is 19.4 Å². The Kier molecular flexibility index (Phi) is 16.1. The van der Waals surface area contributed by atoms with Crippen LogP contribution in [0.1, 0.15) is 77.6 Å². The molecule has 33 heavy (non-hydrogen) atoms. The SMILES string of the molecule is C#CCC(CCCCCO)C(=O)OCCCC(CC1CO1)C(=O)OCCCCC(=O)OCC. The number of carbonyl (C=O) groups excluding carboxylic acids is 3. The zero-order valence-electron chi connectivity index (χ0n) is 19.9. The number of aliphatic hydroxyl groups is 1. The van der Waals surface area contributed by atoms with Gasteiger partial charge >= 0.3 is 17.9 Å². The molecule has 0 aliphatic carbocycles. The van der Waals surface area contributed by atoms with Crippen molar-refractivity contribution in [3.63, 3.8) is 0 Å². The number of rotatable bonds is 20. The van der Waals surface area contributed by atoms with Crippen molar-refractivity contribution >= 4 is 17.9 Å². The molecular weight excluding hydrogens is 428 g/mol. The molecule has 8 nitrogen and oxygen atoms in total. The van der Waals surface area contributed by atoms with Crippen molar-refractivity contribution in [2.75, 3.05) is 33.0 Å². The van der Waals surface area contributed by atoms with E-state index in [4.69, 9.17) is 30.5 Å². The molecule has 0 aromatic carbocycles. The Morgan fingerprint density at radius 1 is 0.970 bits per heavy atom. The van der Waals surface area contributed by atoms with Crippen LogP contribution < -0.4 is 0 Å². The molecule has 0 amide bonds. The van der Waals surface area contributed by atoms with Crippen molar-refractivity contribution in [1.82, 2.24) is 0 Å². The van der Waals surface area contributed by atoms with E-state index in [1.807, 2.05) is 0 Å². The summed E-state index contributed by atoms with van der Waals surface area (Å²) in [6.45, 7) is 3.42. The molecule has 1 N–H and O–H groups in total. The van der Waals surface area contributed by atoms with Crippen molar-refractivity contribution < 1.29 is 38.4 Å². The number of hydrogen-bond acceptors (Lipinski definition) is 8. The number of terminal acetylenes is 1. The van der Waals surface area contributed by atoms with Crippen LogP contribution in [0.25, 0.3) is 0 Å². The predicted molar refractivity (Wildman–Crippen MR) is 122 cm³/mol. The van der Waals surface area contributed by atoms with Gasteiger partial charge in [-0.3, -0.25) is 14.4 Å². The van der Waals surface area contributed by atoms with Crippen LogP contribution in [0.15, 0.2) is 0 Å². The highest BCUT2D eigenvalue weighted by Gasteiger charge is 2.31. The van der Waals surface area contributed by atoms with Crippen LogP contribution in [-0.4, -0.2) is 62.2 Å². The second kappa shape index (κ2) is 18.3. The molecule has 1 aliphatic heterocycles. The summed E-state index contributed by atoms with van der Waals surface area (Å²) in [6, 6.07) is 0. The maximum Gasteiger partial charge on any atom is 0.309 e. The highest BCUT2D eigenvalue weighted by Crippen LogP contribution is 2.24. The van der Waals surface area contributed by atoms with E-state index in [2.05, 4.69) is 5.92 Å². The Morgan fingerprint density at radius 3 is 2.27 bits per heavy atom. The highest BCUT2D eigenvalue weighted by atomic mass is 16.6. The smallest absolute Gasteiger partial charge is 0.309 e. The predicted octanol–water partition coefficient (Wildman–Crippen LogP) is 3.18. The third kappa shape index (κ3) is 14.6. The molecule has 3 unspecified atom stereocenters. The van der Waals surface area contributed by atoms with Crippen LogP contribution in [0.2, 0.25) is 0 Å². The fourth-order valence-electron chi connectivity index (χ4n) is 3.49. The first-order chi connectivity index (χ1) is 16.0. The number of carbonyl (C=O) groups is 3. The molecular formula is C25H40O8. The summed E-state index contributed by atoms with van der Waals surface area (Å²) < 4.78 is 20.9. The Hall–Kier alpha value is -2.11. The monoisotopic (exact) mass is 468 g/mol. The first-order valence-corrected chi connectivity index (χ1v) is 12.2. The van der Waals surface area contributed by atoms with Crippen LogP contribution in [0.5, 0.6) is 0 Å². The lowest BCUT2D eigenvalue weighted by atomic mass is 9.97. The third-order valence-electron chi connectivity index (χ3n) is 5.46. The summed E-state index contributed by atoms with van der Waals surface area (Å²) in [4.78, 5) is 36.2. The number of epoxide rings is 1. The van der Waals surface area contributed by atoms with Gasteiger partial charge < -0.3 is 24.1 Å². The molecule has 1 saturated heterocycles. The second-order valence-corrected chi connectivity index (χ2v) is 8.31. The van der Waals surface area contributed by atoms with Crippen LogP contribution in [0.4, 0.5) is 0 Å². The molecule has 1 fully saturated rings. The first-order valence-electron chi connectivity index (χ1n) is 12.2. The van der Waals surface area contributed by atoms with Gasteiger partial charge in [0.05, 0.1) is 44.4 Å². The van der Waals surface area contributed by atoms with E-state index in [0.29, 0.717) is 71.0 Å². The molecule has 1 aliphatic rings. The molecule has 0 bridgehead atoms. The van der Waals surface area contributed by atoms with E-state index in [9.17, 15) is 14.4 Å². The van der Waals surface area contributed by atoms with Crippen LogP contribution in [0, 0.1) is 24.2 Å². The van der Waals surface area contributed by atoms with Crippen molar-refractivity contribution in [2.45, 2.75) is 83.7 Å². The Labute approximate surface area is 197 Å². The maximum atomic E-state index is 12.5. The molecule has 3 atom stereocenters. The van der Waals surface area contributed by atoms with Crippen LogP contribution >= 0.6 is 0 Å². The van der Waals surface area contributed by atoms with Gasteiger partial charge in [-0.2, -0.15) is 0 Å². The fraction of sp³-hybridized carbons (Fsp3) is 0.800. The number of hydrogen-bond donors (Lipinski definition) is 1. The second-order valence-electron chi connectivity index (χ2n) is 8.31. The summed E-state index contributed by atoms with van der Waals surface area (Å²) >= 11 is 0. The molecule has 1 rings (SSSR count). The van der Waals surface area contributed by atoms with Crippen molar-refractivity contribution in [1.29, 1.82) is 0 Å². The van der Waals surface area contributed by atoms with E-state index >= 15 is 0 Å². The maximum absolute atomic E-state index is 12.5. The van der Waals surface area contributed by atoms with Gasteiger partial charge in [0.2, 0.25) is 0 Å². The summed E-state index contributed by atoms with van der Waals surface area (Å²) in [5.74, 6) is 1.08. The number of ether oxygens (including phenoxy) is 4. The van der Waals surface area contributed by atoms with Gasteiger partial charge in [0.15, 0.2) is 0 Å².